The van der Waals surface area contributed by atoms with Gasteiger partial charge in [-0.2, -0.15) is 0 Å². The van der Waals surface area contributed by atoms with Crippen LogP contribution in [0.15, 0.2) is 48.5 Å². The second-order valence-corrected chi connectivity index (χ2v) is 6.41. The fourth-order valence-corrected chi connectivity index (χ4v) is 3.42. The number of nitrogens with one attached hydrogen (secondary N) is 1. The number of rotatable bonds is 6. The predicted molar refractivity (Wildman–Crippen MR) is 102 cm³/mol. The topological polar surface area (TPSA) is 67.9 Å². The maximum absolute atomic E-state index is 12.7. The highest BCUT2D eigenvalue weighted by Gasteiger charge is 2.29. The Bertz CT molecular complexity index is 807. The molecule has 0 saturated carbocycles. The van der Waals surface area contributed by atoms with Gasteiger partial charge in [-0.15, -0.1) is 0 Å². The van der Waals surface area contributed by atoms with Gasteiger partial charge in [0.15, 0.2) is 11.5 Å². The average molecular weight is 368 g/mol. The van der Waals surface area contributed by atoms with Gasteiger partial charge in [0.05, 0.1) is 26.8 Å². The lowest BCUT2D eigenvalue weighted by molar-refractivity contribution is -0.131. The summed E-state index contributed by atoms with van der Waals surface area (Å²) in [4.78, 5) is 26.9. The Labute approximate surface area is 159 Å². The molecule has 1 N–H and O–H groups in total. The number of benzene rings is 2. The third-order valence-corrected chi connectivity index (χ3v) is 4.80. The molecule has 1 unspecified atom stereocenters. The van der Waals surface area contributed by atoms with Gasteiger partial charge in [-0.1, -0.05) is 30.3 Å². The van der Waals surface area contributed by atoms with Crippen LogP contribution in [-0.2, 0) is 4.79 Å². The predicted octanol–water partition coefficient (Wildman–Crippen LogP) is 2.80. The first-order valence-corrected chi connectivity index (χ1v) is 8.98. The van der Waals surface area contributed by atoms with Gasteiger partial charge in [-0.3, -0.25) is 9.59 Å². The van der Waals surface area contributed by atoms with Gasteiger partial charge < -0.3 is 19.7 Å². The number of nitrogens with zero attached hydrogens (tertiary/aromatic N) is 1. The fraction of sp³-hybridized carbons (Fsp3) is 0.333. The van der Waals surface area contributed by atoms with Crippen LogP contribution in [0.25, 0.3) is 0 Å². The van der Waals surface area contributed by atoms with Crippen molar-refractivity contribution in [2.75, 3.05) is 27.3 Å². The lowest BCUT2D eigenvalue weighted by Gasteiger charge is -2.25. The summed E-state index contributed by atoms with van der Waals surface area (Å²) in [6.07, 6.45) is 1.91. The van der Waals surface area contributed by atoms with Crippen LogP contribution >= 0.6 is 0 Å². The summed E-state index contributed by atoms with van der Waals surface area (Å²) in [6.45, 7) is 0.682. The first-order valence-electron chi connectivity index (χ1n) is 8.98. The first-order chi connectivity index (χ1) is 13.1. The Morgan fingerprint density at radius 2 is 1.81 bits per heavy atom. The van der Waals surface area contributed by atoms with Crippen molar-refractivity contribution in [3.8, 4) is 11.5 Å². The molecule has 3 rings (SSSR count). The van der Waals surface area contributed by atoms with E-state index in [1.165, 1.54) is 14.2 Å². The summed E-state index contributed by atoms with van der Waals surface area (Å²) in [6, 6.07) is 15.0. The molecule has 2 aromatic rings. The molecule has 6 nitrogen and oxygen atoms in total. The highest BCUT2D eigenvalue weighted by molar-refractivity contribution is 5.97. The number of ether oxygens (including phenoxy) is 2. The van der Waals surface area contributed by atoms with E-state index in [2.05, 4.69) is 5.32 Å². The van der Waals surface area contributed by atoms with Gasteiger partial charge in [-0.05, 0) is 36.6 Å². The van der Waals surface area contributed by atoms with Crippen molar-refractivity contribution in [2.45, 2.75) is 18.9 Å². The standard InChI is InChI=1S/C21H24N2O4/c1-26-18-11-10-16(13-19(18)27-2)21(25)22-14-20(24)23-12-6-9-17(23)15-7-4-3-5-8-15/h3-5,7-8,10-11,13,17H,6,9,12,14H2,1-2H3,(H,22,25). The van der Waals surface area contributed by atoms with Crippen molar-refractivity contribution in [2.24, 2.45) is 0 Å². The van der Waals surface area contributed by atoms with Crippen molar-refractivity contribution in [1.29, 1.82) is 0 Å². The molecule has 1 aliphatic rings. The number of carbonyl (C=O) groups excluding carboxylic acids is 2. The van der Waals surface area contributed by atoms with E-state index in [1.807, 2.05) is 35.2 Å². The molecule has 0 aromatic heterocycles. The molecule has 0 aliphatic carbocycles. The zero-order valence-corrected chi connectivity index (χ0v) is 15.6. The van der Waals surface area contributed by atoms with E-state index >= 15 is 0 Å². The molecule has 1 heterocycles. The number of amides is 2. The molecule has 0 spiro atoms. The zero-order chi connectivity index (χ0) is 19.2. The largest absolute Gasteiger partial charge is 0.493 e. The maximum Gasteiger partial charge on any atom is 0.251 e. The zero-order valence-electron chi connectivity index (χ0n) is 15.6. The maximum atomic E-state index is 12.7. The van der Waals surface area contributed by atoms with Crippen molar-refractivity contribution < 1.29 is 19.1 Å². The summed E-state index contributed by atoms with van der Waals surface area (Å²) in [5.74, 6) is 0.628. The number of methoxy groups -OCH3 is 2. The normalized spacial score (nSPS) is 16.1. The van der Waals surface area contributed by atoms with Crippen LogP contribution in [0.1, 0.15) is 34.8 Å². The summed E-state index contributed by atoms with van der Waals surface area (Å²) in [5, 5.41) is 2.71. The summed E-state index contributed by atoms with van der Waals surface area (Å²) in [7, 11) is 3.05. The molecular weight excluding hydrogens is 344 g/mol. The number of carbonyl (C=O) groups is 2. The summed E-state index contributed by atoms with van der Waals surface area (Å²) < 4.78 is 10.4. The van der Waals surface area contributed by atoms with Crippen molar-refractivity contribution in [3.05, 3.63) is 59.7 Å². The van der Waals surface area contributed by atoms with E-state index < -0.39 is 0 Å². The quantitative estimate of drug-likeness (QED) is 0.851. The Balaban J connectivity index is 1.62. The minimum Gasteiger partial charge on any atom is -0.493 e. The minimum absolute atomic E-state index is 0.0312. The molecular formula is C21H24N2O4. The smallest absolute Gasteiger partial charge is 0.251 e. The second kappa shape index (κ2) is 8.58. The SMILES string of the molecule is COc1ccc(C(=O)NCC(=O)N2CCCC2c2ccccc2)cc1OC. The van der Waals surface area contributed by atoms with E-state index in [9.17, 15) is 9.59 Å². The van der Waals surface area contributed by atoms with E-state index in [1.54, 1.807) is 18.2 Å². The third-order valence-electron chi connectivity index (χ3n) is 4.80. The molecule has 2 aromatic carbocycles. The molecule has 1 saturated heterocycles. The van der Waals surface area contributed by atoms with Crippen LogP contribution in [0.4, 0.5) is 0 Å². The fourth-order valence-electron chi connectivity index (χ4n) is 3.42. The van der Waals surface area contributed by atoms with Crippen LogP contribution in [-0.4, -0.2) is 44.0 Å². The van der Waals surface area contributed by atoms with Crippen molar-refractivity contribution >= 4 is 11.8 Å². The molecule has 1 atom stereocenters. The number of likely N-dealkylation sites (tertiary alicyclic amines) is 1. The number of hydrogen-bond acceptors (Lipinski definition) is 4. The molecule has 0 bridgehead atoms. The van der Waals surface area contributed by atoms with Gasteiger partial charge in [0.1, 0.15) is 0 Å². The molecule has 27 heavy (non-hydrogen) atoms. The average Bonchev–Trinajstić information content (AvgIpc) is 3.21. The lowest BCUT2D eigenvalue weighted by atomic mass is 10.0. The van der Waals surface area contributed by atoms with Crippen LogP contribution < -0.4 is 14.8 Å². The Hall–Kier alpha value is -3.02. The lowest BCUT2D eigenvalue weighted by Crippen LogP contribution is -2.39. The van der Waals surface area contributed by atoms with Crippen molar-refractivity contribution in [1.82, 2.24) is 10.2 Å². The minimum atomic E-state index is -0.320. The first kappa shape index (κ1) is 18.8. The van der Waals surface area contributed by atoms with Gasteiger partial charge >= 0.3 is 0 Å². The molecule has 142 valence electrons. The molecule has 6 heteroatoms. The van der Waals surface area contributed by atoms with Crippen LogP contribution in [0, 0.1) is 0 Å². The monoisotopic (exact) mass is 368 g/mol. The van der Waals surface area contributed by atoms with E-state index in [0.717, 1.165) is 18.4 Å². The van der Waals surface area contributed by atoms with Gasteiger partial charge in [-0.25, -0.2) is 0 Å². The van der Waals surface area contributed by atoms with Gasteiger partial charge in [0.2, 0.25) is 5.91 Å². The Kier molecular flexibility index (Phi) is 5.96. The third kappa shape index (κ3) is 4.22. The van der Waals surface area contributed by atoms with E-state index in [4.69, 9.17) is 9.47 Å². The van der Waals surface area contributed by atoms with Crippen LogP contribution in [0.2, 0.25) is 0 Å². The molecule has 1 aliphatic heterocycles. The van der Waals surface area contributed by atoms with E-state index in [-0.39, 0.29) is 24.4 Å². The van der Waals surface area contributed by atoms with Crippen LogP contribution in [0.3, 0.4) is 0 Å². The van der Waals surface area contributed by atoms with Gasteiger partial charge in [0, 0.05) is 12.1 Å². The highest BCUT2D eigenvalue weighted by Crippen LogP contribution is 2.31. The van der Waals surface area contributed by atoms with Gasteiger partial charge in [0.25, 0.3) is 5.91 Å². The summed E-state index contributed by atoms with van der Waals surface area (Å²) >= 11 is 0. The highest BCUT2D eigenvalue weighted by atomic mass is 16.5. The Morgan fingerprint density at radius 1 is 1.07 bits per heavy atom. The van der Waals surface area contributed by atoms with Crippen molar-refractivity contribution in [3.63, 3.8) is 0 Å². The number of hydrogen-bond donors (Lipinski definition) is 1. The molecule has 0 radical (unpaired) electrons. The molecule has 1 fully saturated rings. The van der Waals surface area contributed by atoms with Crippen LogP contribution in [0.5, 0.6) is 11.5 Å². The Morgan fingerprint density at radius 3 is 2.52 bits per heavy atom. The van der Waals surface area contributed by atoms with E-state index in [0.29, 0.717) is 23.6 Å². The second-order valence-electron chi connectivity index (χ2n) is 6.41. The summed E-state index contributed by atoms with van der Waals surface area (Å²) in [5.41, 5.74) is 1.55. The molecule has 2 amide bonds.